The van der Waals surface area contributed by atoms with Crippen LogP contribution in [0.25, 0.3) is 0 Å². The Hall–Kier alpha value is -3.30. The van der Waals surface area contributed by atoms with Crippen molar-refractivity contribution in [1.82, 2.24) is 19.6 Å². The summed E-state index contributed by atoms with van der Waals surface area (Å²) < 4.78 is 0. The molecule has 1 aromatic carbocycles. The summed E-state index contributed by atoms with van der Waals surface area (Å²) in [5.74, 6) is 0. The van der Waals surface area contributed by atoms with E-state index in [2.05, 4.69) is 0 Å². The molecule has 1 rings (SSSR count). The van der Waals surface area contributed by atoms with Crippen LogP contribution >= 0.6 is 0 Å². The lowest BCUT2D eigenvalue weighted by Crippen LogP contribution is -2.44. The van der Waals surface area contributed by atoms with Gasteiger partial charge in [-0.05, 0) is 19.4 Å². The molecule has 0 heterocycles. The molecule has 10 nitrogen and oxygen atoms in total. The molecule has 0 aliphatic heterocycles. The number of carboxylic acid groups (broad SMARTS) is 2. The van der Waals surface area contributed by atoms with Crippen LogP contribution in [0.2, 0.25) is 0 Å². The summed E-state index contributed by atoms with van der Waals surface area (Å²) in [5.41, 5.74) is 1.88. The summed E-state index contributed by atoms with van der Waals surface area (Å²) in [5, 5.41) is 18.9. The summed E-state index contributed by atoms with van der Waals surface area (Å²) >= 11 is 0. The Morgan fingerprint density at radius 2 is 1.22 bits per heavy atom. The Morgan fingerprint density at radius 3 is 1.69 bits per heavy atom. The average Bonchev–Trinajstić information content (AvgIpc) is 2.79. The van der Waals surface area contributed by atoms with Crippen LogP contribution in [-0.4, -0.2) is 101 Å². The van der Waals surface area contributed by atoms with Gasteiger partial charge in [-0.25, -0.2) is 9.59 Å². The number of aryl methyl sites for hydroxylation is 1. The van der Waals surface area contributed by atoms with Crippen molar-refractivity contribution in [3.8, 4) is 0 Å². The largest absolute Gasteiger partial charge is 0.465 e. The van der Waals surface area contributed by atoms with Crippen molar-refractivity contribution in [3.63, 3.8) is 0 Å². The number of hydrogen-bond acceptors (Lipinski definition) is 4. The highest BCUT2D eigenvalue weighted by Gasteiger charge is 2.18. The molecule has 0 saturated heterocycles. The van der Waals surface area contributed by atoms with Gasteiger partial charge in [0, 0.05) is 52.4 Å². The monoisotopic (exact) mass is 452 g/mol. The SMILES string of the molecule is CC.CCN(C=O)CCN(C=O)CCN(CCN(Cc1ccc(C)cc1)C(=O)O)C(=O)O. The molecular formula is C22H36N4O6. The summed E-state index contributed by atoms with van der Waals surface area (Å²) in [7, 11) is 0. The van der Waals surface area contributed by atoms with E-state index >= 15 is 0 Å². The highest BCUT2D eigenvalue weighted by molar-refractivity contribution is 5.66. The van der Waals surface area contributed by atoms with Crippen molar-refractivity contribution >= 4 is 25.0 Å². The first-order valence-electron chi connectivity index (χ1n) is 10.7. The molecule has 0 fully saturated rings. The minimum Gasteiger partial charge on any atom is -0.465 e. The number of nitrogens with zero attached hydrogens (tertiary/aromatic N) is 4. The molecule has 180 valence electrons. The molecule has 0 unspecified atom stereocenters. The van der Waals surface area contributed by atoms with E-state index in [0.29, 0.717) is 25.9 Å². The third kappa shape index (κ3) is 11.2. The number of amides is 4. The van der Waals surface area contributed by atoms with Gasteiger partial charge in [0.05, 0.1) is 0 Å². The van der Waals surface area contributed by atoms with Crippen LogP contribution in [0.5, 0.6) is 0 Å². The van der Waals surface area contributed by atoms with Crippen molar-refractivity contribution in [3.05, 3.63) is 35.4 Å². The van der Waals surface area contributed by atoms with E-state index in [1.54, 1.807) is 0 Å². The quantitative estimate of drug-likeness (QED) is 0.418. The summed E-state index contributed by atoms with van der Waals surface area (Å²) in [6.45, 7) is 9.25. The van der Waals surface area contributed by atoms with Crippen molar-refractivity contribution in [1.29, 1.82) is 0 Å². The molecule has 1 aromatic rings. The predicted molar refractivity (Wildman–Crippen MR) is 122 cm³/mol. The highest BCUT2D eigenvalue weighted by Crippen LogP contribution is 2.08. The predicted octanol–water partition coefficient (Wildman–Crippen LogP) is 2.42. The van der Waals surface area contributed by atoms with Gasteiger partial charge in [0.25, 0.3) is 0 Å². The van der Waals surface area contributed by atoms with E-state index in [9.17, 15) is 29.4 Å². The first-order valence-corrected chi connectivity index (χ1v) is 10.7. The Bertz CT molecular complexity index is 698. The summed E-state index contributed by atoms with van der Waals surface area (Å²) in [6, 6.07) is 7.44. The van der Waals surface area contributed by atoms with Crippen LogP contribution in [0.4, 0.5) is 9.59 Å². The van der Waals surface area contributed by atoms with E-state index in [-0.39, 0.29) is 39.3 Å². The van der Waals surface area contributed by atoms with Crippen molar-refractivity contribution in [2.75, 3.05) is 45.8 Å². The third-order valence-electron chi connectivity index (χ3n) is 4.71. The molecule has 0 spiro atoms. The maximum absolute atomic E-state index is 11.5. The van der Waals surface area contributed by atoms with E-state index in [0.717, 1.165) is 20.9 Å². The number of carbonyl (C=O) groups excluding carboxylic acids is 2. The zero-order valence-corrected chi connectivity index (χ0v) is 19.4. The van der Waals surface area contributed by atoms with Gasteiger partial charge < -0.3 is 29.8 Å². The molecular weight excluding hydrogens is 416 g/mol. The maximum atomic E-state index is 11.5. The van der Waals surface area contributed by atoms with Gasteiger partial charge in [0.1, 0.15) is 0 Å². The molecule has 32 heavy (non-hydrogen) atoms. The van der Waals surface area contributed by atoms with Crippen molar-refractivity contribution in [2.45, 2.75) is 34.2 Å². The van der Waals surface area contributed by atoms with Crippen LogP contribution in [0, 0.1) is 6.92 Å². The van der Waals surface area contributed by atoms with E-state index < -0.39 is 12.2 Å². The fourth-order valence-electron chi connectivity index (χ4n) is 2.71. The molecule has 0 aliphatic rings. The molecule has 0 radical (unpaired) electrons. The fraction of sp³-hybridized carbons (Fsp3) is 0.545. The smallest absolute Gasteiger partial charge is 0.407 e. The van der Waals surface area contributed by atoms with Gasteiger partial charge in [-0.2, -0.15) is 0 Å². The molecule has 2 N–H and O–H groups in total. The van der Waals surface area contributed by atoms with Gasteiger partial charge in [-0.3, -0.25) is 9.59 Å². The number of rotatable bonds is 14. The van der Waals surface area contributed by atoms with Crippen molar-refractivity contribution < 1.29 is 29.4 Å². The van der Waals surface area contributed by atoms with E-state index in [4.69, 9.17) is 0 Å². The second-order valence-electron chi connectivity index (χ2n) is 6.83. The molecule has 4 amide bonds. The van der Waals surface area contributed by atoms with Crippen LogP contribution < -0.4 is 0 Å². The normalized spacial score (nSPS) is 9.75. The van der Waals surface area contributed by atoms with Gasteiger partial charge in [-0.15, -0.1) is 0 Å². The van der Waals surface area contributed by atoms with Crippen LogP contribution in [0.15, 0.2) is 24.3 Å². The number of hydrogen-bond donors (Lipinski definition) is 2. The number of benzene rings is 1. The second-order valence-corrected chi connectivity index (χ2v) is 6.83. The fourth-order valence-corrected chi connectivity index (χ4v) is 2.71. The van der Waals surface area contributed by atoms with E-state index in [1.807, 2.05) is 52.0 Å². The first kappa shape index (κ1) is 28.7. The molecule has 0 saturated carbocycles. The van der Waals surface area contributed by atoms with Gasteiger partial charge in [-0.1, -0.05) is 43.7 Å². The van der Waals surface area contributed by atoms with Crippen LogP contribution in [0.3, 0.4) is 0 Å². The standard InChI is InChI=1S/C20H30N4O6.C2H6/c1-3-21(15-25)8-9-22(16-26)10-11-23(19(27)28)12-13-24(20(29)30)14-18-6-4-17(2)5-7-18;1-2/h4-7,15-16H,3,8-14H2,1-2H3,(H,27,28)(H,29,30);1-2H3. The molecule has 0 aliphatic carbocycles. The first-order chi connectivity index (χ1) is 15.3. The highest BCUT2D eigenvalue weighted by atomic mass is 16.4. The second kappa shape index (κ2) is 16.4. The van der Waals surface area contributed by atoms with E-state index in [1.165, 1.54) is 9.80 Å². The lowest BCUT2D eigenvalue weighted by molar-refractivity contribution is -0.121. The maximum Gasteiger partial charge on any atom is 0.407 e. The van der Waals surface area contributed by atoms with Crippen LogP contribution in [0.1, 0.15) is 31.9 Å². The summed E-state index contributed by atoms with van der Waals surface area (Å²) in [4.78, 5) is 50.3. The average molecular weight is 453 g/mol. The third-order valence-corrected chi connectivity index (χ3v) is 4.71. The van der Waals surface area contributed by atoms with Crippen molar-refractivity contribution in [2.24, 2.45) is 0 Å². The molecule has 10 heteroatoms. The lowest BCUT2D eigenvalue weighted by Gasteiger charge is -2.27. The number of likely N-dealkylation sites (N-methyl/N-ethyl adjacent to an activating group) is 1. The van der Waals surface area contributed by atoms with Gasteiger partial charge >= 0.3 is 12.2 Å². The Kier molecular flexibility index (Phi) is 14.7. The molecule has 0 atom stereocenters. The molecule has 0 aromatic heterocycles. The van der Waals surface area contributed by atoms with Gasteiger partial charge in [0.15, 0.2) is 0 Å². The zero-order chi connectivity index (χ0) is 24.5. The topological polar surface area (TPSA) is 122 Å². The Labute approximate surface area is 190 Å². The Balaban J connectivity index is 0.00000466. The molecule has 0 bridgehead atoms. The lowest BCUT2D eigenvalue weighted by atomic mass is 10.1. The zero-order valence-electron chi connectivity index (χ0n) is 19.4. The number of carbonyl (C=O) groups is 4. The van der Waals surface area contributed by atoms with Gasteiger partial charge in [0.2, 0.25) is 12.8 Å². The van der Waals surface area contributed by atoms with Crippen LogP contribution in [-0.2, 0) is 16.1 Å². The minimum absolute atomic E-state index is 0.00531. The minimum atomic E-state index is -1.19. The Morgan fingerprint density at radius 1 is 0.781 bits per heavy atom. The summed E-state index contributed by atoms with van der Waals surface area (Å²) in [6.07, 6.45) is -1.02.